The highest BCUT2D eigenvalue weighted by atomic mass is 79.9. The maximum atomic E-state index is 5.09. The molecule has 0 spiro atoms. The Morgan fingerprint density at radius 3 is 2.75 bits per heavy atom. The van der Waals surface area contributed by atoms with Crippen LogP contribution in [0.25, 0.3) is 0 Å². The lowest BCUT2D eigenvalue weighted by molar-refractivity contribution is 0.190. The molecular weight excluding hydrogens is 318 g/mol. The van der Waals surface area contributed by atoms with E-state index in [2.05, 4.69) is 49.1 Å². The summed E-state index contributed by atoms with van der Waals surface area (Å²) in [6.07, 6.45) is 3.05. The van der Waals surface area contributed by atoms with Crippen LogP contribution in [0, 0.1) is 6.92 Å². The predicted molar refractivity (Wildman–Crippen MR) is 84.9 cm³/mol. The second-order valence-corrected chi connectivity index (χ2v) is 5.64. The number of hydrogen-bond acceptors (Lipinski definition) is 3. The monoisotopic (exact) mass is 337 g/mol. The molecule has 0 saturated carbocycles. The highest BCUT2D eigenvalue weighted by molar-refractivity contribution is 9.10. The first-order chi connectivity index (χ1) is 9.69. The quantitative estimate of drug-likeness (QED) is 0.784. The number of aromatic nitrogens is 2. The second kappa shape index (κ2) is 7.45. The second-order valence-electron chi connectivity index (χ2n) is 4.73. The van der Waals surface area contributed by atoms with Crippen molar-refractivity contribution in [1.29, 1.82) is 0 Å². The summed E-state index contributed by atoms with van der Waals surface area (Å²) in [4.78, 5) is 4.52. The third-order valence-corrected chi connectivity index (χ3v) is 3.54. The average Bonchev–Trinajstić information content (AvgIpc) is 2.79. The number of benzene rings is 1. The van der Waals surface area contributed by atoms with Gasteiger partial charge in [-0.25, -0.2) is 4.98 Å². The van der Waals surface area contributed by atoms with Gasteiger partial charge in [-0.05, 0) is 31.0 Å². The zero-order valence-corrected chi connectivity index (χ0v) is 13.5. The Balaban J connectivity index is 1.96. The molecule has 1 aromatic heterocycles. The van der Waals surface area contributed by atoms with Gasteiger partial charge in [0, 0.05) is 37.5 Å². The number of anilines is 1. The molecule has 0 fully saturated rings. The van der Waals surface area contributed by atoms with Gasteiger partial charge in [0.1, 0.15) is 0 Å². The molecule has 4 nitrogen and oxygen atoms in total. The lowest BCUT2D eigenvalue weighted by atomic mass is 10.2. The van der Waals surface area contributed by atoms with E-state index in [0.29, 0.717) is 0 Å². The number of hydrogen-bond donors (Lipinski definition) is 1. The van der Waals surface area contributed by atoms with Crippen molar-refractivity contribution < 1.29 is 4.74 Å². The van der Waals surface area contributed by atoms with Crippen LogP contribution in [0.3, 0.4) is 0 Å². The van der Waals surface area contributed by atoms with Crippen LogP contribution in [0.4, 0.5) is 5.95 Å². The average molecular weight is 338 g/mol. The molecule has 5 heteroatoms. The molecule has 0 aliphatic heterocycles. The zero-order valence-electron chi connectivity index (χ0n) is 11.9. The Kier molecular flexibility index (Phi) is 5.61. The molecule has 0 atom stereocenters. The summed E-state index contributed by atoms with van der Waals surface area (Å²) >= 11 is 3.44. The van der Waals surface area contributed by atoms with Gasteiger partial charge < -0.3 is 14.6 Å². The van der Waals surface area contributed by atoms with E-state index in [-0.39, 0.29) is 0 Å². The first-order valence-corrected chi connectivity index (χ1v) is 7.49. The predicted octanol–water partition coefficient (Wildman–Crippen LogP) is 3.60. The molecule has 2 rings (SSSR count). The van der Waals surface area contributed by atoms with E-state index in [1.807, 2.05) is 19.1 Å². The van der Waals surface area contributed by atoms with Crippen LogP contribution in [0.15, 0.2) is 34.9 Å². The molecular formula is C15H20BrN3O. The van der Waals surface area contributed by atoms with Crippen molar-refractivity contribution in [3.63, 3.8) is 0 Å². The molecule has 0 unspecified atom stereocenters. The highest BCUT2D eigenvalue weighted by Gasteiger charge is 2.05. The van der Waals surface area contributed by atoms with E-state index in [9.17, 15) is 0 Å². The minimum absolute atomic E-state index is 0.767. The summed E-state index contributed by atoms with van der Waals surface area (Å²) < 4.78 is 8.33. The van der Waals surface area contributed by atoms with Gasteiger partial charge in [-0.2, -0.15) is 0 Å². The number of rotatable bonds is 7. The normalized spacial score (nSPS) is 10.8. The van der Waals surface area contributed by atoms with Crippen LogP contribution in [0.2, 0.25) is 0 Å². The summed E-state index contributed by atoms with van der Waals surface area (Å²) in [7, 11) is 1.73. The SMILES string of the molecule is COCCCn1cc(C)nc1NCc1ccc(Br)cc1. The van der Waals surface area contributed by atoms with Gasteiger partial charge in [-0.3, -0.25) is 0 Å². The largest absolute Gasteiger partial charge is 0.385 e. The van der Waals surface area contributed by atoms with E-state index in [1.165, 1.54) is 5.56 Å². The number of aryl methyl sites for hydroxylation is 2. The number of methoxy groups -OCH3 is 1. The van der Waals surface area contributed by atoms with Crippen LogP contribution in [-0.4, -0.2) is 23.3 Å². The Morgan fingerprint density at radius 1 is 1.30 bits per heavy atom. The molecule has 0 saturated heterocycles. The molecule has 1 aromatic carbocycles. The summed E-state index contributed by atoms with van der Waals surface area (Å²) in [5.41, 5.74) is 2.26. The first-order valence-electron chi connectivity index (χ1n) is 6.70. The summed E-state index contributed by atoms with van der Waals surface area (Å²) in [5, 5.41) is 3.39. The fraction of sp³-hybridized carbons (Fsp3) is 0.400. The summed E-state index contributed by atoms with van der Waals surface area (Å²) in [6, 6.07) is 8.30. The Hall–Kier alpha value is -1.33. The number of imidazole rings is 1. The van der Waals surface area contributed by atoms with Crippen LogP contribution < -0.4 is 5.32 Å². The first kappa shape index (κ1) is 15.1. The molecule has 108 valence electrons. The number of ether oxygens (including phenoxy) is 1. The van der Waals surface area contributed by atoms with E-state index < -0.39 is 0 Å². The molecule has 2 aromatic rings. The maximum Gasteiger partial charge on any atom is 0.203 e. The fourth-order valence-electron chi connectivity index (χ4n) is 2.02. The molecule has 0 aliphatic rings. The van der Waals surface area contributed by atoms with Gasteiger partial charge in [0.15, 0.2) is 0 Å². The number of nitrogens with zero attached hydrogens (tertiary/aromatic N) is 2. The van der Waals surface area contributed by atoms with Gasteiger partial charge in [-0.15, -0.1) is 0 Å². The maximum absolute atomic E-state index is 5.09. The molecule has 1 heterocycles. The minimum atomic E-state index is 0.767. The van der Waals surface area contributed by atoms with Crippen molar-refractivity contribution in [1.82, 2.24) is 9.55 Å². The van der Waals surface area contributed by atoms with Gasteiger partial charge in [0.25, 0.3) is 0 Å². The molecule has 0 aliphatic carbocycles. The van der Waals surface area contributed by atoms with Crippen LogP contribution >= 0.6 is 15.9 Å². The van der Waals surface area contributed by atoms with E-state index >= 15 is 0 Å². The van der Waals surface area contributed by atoms with E-state index in [0.717, 1.165) is 42.2 Å². The lowest BCUT2D eigenvalue weighted by Gasteiger charge is -2.09. The molecule has 1 N–H and O–H groups in total. The Bertz CT molecular complexity index is 537. The molecule has 0 bridgehead atoms. The Labute approximate surface area is 128 Å². The van der Waals surface area contributed by atoms with Crippen molar-refractivity contribution in [3.05, 3.63) is 46.2 Å². The van der Waals surface area contributed by atoms with Crippen molar-refractivity contribution in [2.45, 2.75) is 26.4 Å². The number of halogens is 1. The van der Waals surface area contributed by atoms with E-state index in [1.54, 1.807) is 7.11 Å². The van der Waals surface area contributed by atoms with Crippen LogP contribution in [0.5, 0.6) is 0 Å². The van der Waals surface area contributed by atoms with E-state index in [4.69, 9.17) is 4.74 Å². The lowest BCUT2D eigenvalue weighted by Crippen LogP contribution is -2.08. The number of nitrogens with one attached hydrogen (secondary N) is 1. The van der Waals surface area contributed by atoms with Gasteiger partial charge in [0.2, 0.25) is 5.95 Å². The summed E-state index contributed by atoms with van der Waals surface area (Å²) in [5.74, 6) is 0.918. The fourth-order valence-corrected chi connectivity index (χ4v) is 2.29. The highest BCUT2D eigenvalue weighted by Crippen LogP contribution is 2.13. The van der Waals surface area contributed by atoms with Crippen LogP contribution in [-0.2, 0) is 17.8 Å². The Morgan fingerprint density at radius 2 is 2.05 bits per heavy atom. The topological polar surface area (TPSA) is 39.1 Å². The van der Waals surface area contributed by atoms with Gasteiger partial charge in [0.05, 0.1) is 5.69 Å². The molecule has 20 heavy (non-hydrogen) atoms. The van der Waals surface area contributed by atoms with Gasteiger partial charge in [-0.1, -0.05) is 28.1 Å². The third kappa shape index (κ3) is 4.35. The summed E-state index contributed by atoms with van der Waals surface area (Å²) in [6.45, 7) is 4.46. The smallest absolute Gasteiger partial charge is 0.203 e. The van der Waals surface area contributed by atoms with Crippen molar-refractivity contribution in [3.8, 4) is 0 Å². The molecule has 0 amide bonds. The minimum Gasteiger partial charge on any atom is -0.385 e. The van der Waals surface area contributed by atoms with Crippen molar-refractivity contribution >= 4 is 21.9 Å². The standard InChI is InChI=1S/C15H20BrN3O/c1-12-11-19(8-3-9-20-2)15(18-12)17-10-13-4-6-14(16)7-5-13/h4-7,11H,3,8-10H2,1-2H3,(H,17,18). The van der Waals surface area contributed by atoms with Crippen molar-refractivity contribution in [2.75, 3.05) is 19.0 Å². The van der Waals surface area contributed by atoms with Gasteiger partial charge >= 0.3 is 0 Å². The van der Waals surface area contributed by atoms with Crippen LogP contribution in [0.1, 0.15) is 17.7 Å². The molecule has 0 radical (unpaired) electrons. The van der Waals surface area contributed by atoms with Crippen molar-refractivity contribution in [2.24, 2.45) is 0 Å². The zero-order chi connectivity index (χ0) is 14.4. The third-order valence-electron chi connectivity index (χ3n) is 3.01.